The molecule has 0 atom stereocenters. The van der Waals surface area contributed by atoms with Gasteiger partial charge in [-0.15, -0.1) is 0 Å². The van der Waals surface area contributed by atoms with Crippen LogP contribution in [0.4, 0.5) is 0 Å². The van der Waals surface area contributed by atoms with E-state index in [9.17, 15) is 9.90 Å². The Morgan fingerprint density at radius 2 is 1.53 bits per heavy atom. The first-order valence-corrected chi connectivity index (χ1v) is 10.9. The summed E-state index contributed by atoms with van der Waals surface area (Å²) in [6.07, 6.45) is 1.40. The molecule has 1 N–H and O–H groups in total. The Hall–Kier alpha value is -3.11. The van der Waals surface area contributed by atoms with Crippen LogP contribution in [0.3, 0.4) is 0 Å². The second-order valence-corrected chi connectivity index (χ2v) is 8.84. The molecule has 0 saturated carbocycles. The minimum Gasteiger partial charge on any atom is -0.493 e. The van der Waals surface area contributed by atoms with Crippen molar-refractivity contribution in [3.05, 3.63) is 82.4 Å². The maximum Gasteiger partial charge on any atom is 0.150 e. The first-order chi connectivity index (χ1) is 15.2. The lowest BCUT2D eigenvalue weighted by Crippen LogP contribution is -2.22. The highest BCUT2D eigenvalue weighted by Crippen LogP contribution is 2.34. The Balaban J connectivity index is 1.78. The predicted octanol–water partition coefficient (Wildman–Crippen LogP) is 6.21. The molecule has 0 aromatic heterocycles. The minimum absolute atomic E-state index is 0.455. The molecule has 0 aliphatic heterocycles. The molecule has 3 aromatic rings. The zero-order valence-corrected chi connectivity index (χ0v) is 19.6. The normalized spacial score (nSPS) is 11.3. The molecule has 0 saturated heterocycles. The third-order valence-corrected chi connectivity index (χ3v) is 5.86. The average Bonchev–Trinajstić information content (AvgIpc) is 2.76. The smallest absolute Gasteiger partial charge is 0.150 e. The number of benzene rings is 3. The van der Waals surface area contributed by atoms with Gasteiger partial charge >= 0.3 is 0 Å². The van der Waals surface area contributed by atoms with Crippen molar-refractivity contribution in [1.82, 2.24) is 0 Å². The third kappa shape index (κ3) is 5.77. The molecule has 3 rings (SSSR count). The molecule has 0 radical (unpaired) electrons. The number of aliphatic hydroxyl groups is 1. The summed E-state index contributed by atoms with van der Waals surface area (Å²) in [4.78, 5) is 10.8. The van der Waals surface area contributed by atoms with Gasteiger partial charge in [0.15, 0.2) is 0 Å². The Morgan fingerprint density at radius 1 is 0.844 bits per heavy atom. The van der Waals surface area contributed by atoms with Gasteiger partial charge in [-0.25, -0.2) is 0 Å². The van der Waals surface area contributed by atoms with E-state index in [-0.39, 0.29) is 0 Å². The number of hydrogen-bond acceptors (Lipinski definition) is 4. The van der Waals surface area contributed by atoms with E-state index >= 15 is 0 Å². The van der Waals surface area contributed by atoms with Crippen LogP contribution < -0.4 is 9.47 Å². The molecule has 0 aliphatic rings. The highest BCUT2D eigenvalue weighted by molar-refractivity contribution is 5.75. The summed E-state index contributed by atoms with van der Waals surface area (Å²) in [5, 5.41) is 9.90. The third-order valence-electron chi connectivity index (χ3n) is 5.86. The zero-order valence-electron chi connectivity index (χ0n) is 19.6. The van der Waals surface area contributed by atoms with Crippen molar-refractivity contribution >= 4 is 6.29 Å². The van der Waals surface area contributed by atoms with E-state index in [1.807, 2.05) is 18.2 Å². The van der Waals surface area contributed by atoms with E-state index < -0.39 is 5.60 Å². The van der Waals surface area contributed by atoms with E-state index in [0.29, 0.717) is 25.2 Å². The van der Waals surface area contributed by atoms with Gasteiger partial charge in [0.1, 0.15) is 24.4 Å². The lowest BCUT2D eigenvalue weighted by Gasteiger charge is -2.20. The molecule has 32 heavy (non-hydrogen) atoms. The second kappa shape index (κ2) is 10.0. The molecule has 4 heteroatoms. The van der Waals surface area contributed by atoms with Crippen molar-refractivity contribution in [2.75, 3.05) is 6.61 Å². The molecular weight excluding hydrogens is 400 g/mol. The second-order valence-electron chi connectivity index (χ2n) is 8.84. The average molecular weight is 433 g/mol. The van der Waals surface area contributed by atoms with Crippen LogP contribution in [-0.2, 0) is 6.61 Å². The van der Waals surface area contributed by atoms with E-state index in [1.54, 1.807) is 26.0 Å². The van der Waals surface area contributed by atoms with Gasteiger partial charge in [-0.05, 0) is 98.3 Å². The van der Waals surface area contributed by atoms with Crippen LogP contribution in [0, 0.1) is 20.8 Å². The van der Waals surface area contributed by atoms with Crippen LogP contribution in [0.1, 0.15) is 52.9 Å². The number of carbonyl (C=O) groups is 1. The quantitative estimate of drug-likeness (QED) is 0.408. The van der Waals surface area contributed by atoms with Crippen molar-refractivity contribution in [2.45, 2.75) is 53.2 Å². The molecule has 0 amide bonds. The Labute approximate surface area is 190 Å². The predicted molar refractivity (Wildman–Crippen MR) is 129 cm³/mol. The molecule has 0 fully saturated rings. The molecule has 0 bridgehead atoms. The lowest BCUT2D eigenvalue weighted by molar-refractivity contribution is 0.0552. The van der Waals surface area contributed by atoms with Crippen molar-refractivity contribution in [2.24, 2.45) is 0 Å². The fraction of sp³-hybridized carbons (Fsp3) is 0.321. The molecule has 0 heterocycles. The summed E-state index contributed by atoms with van der Waals surface area (Å²) in [5.41, 5.74) is 6.82. The number of aldehydes is 1. The highest BCUT2D eigenvalue weighted by atomic mass is 16.5. The summed E-state index contributed by atoms with van der Waals surface area (Å²) >= 11 is 0. The summed E-state index contributed by atoms with van der Waals surface area (Å²) < 4.78 is 11.9. The maximum absolute atomic E-state index is 10.8. The fourth-order valence-electron chi connectivity index (χ4n) is 3.59. The maximum atomic E-state index is 10.8. The monoisotopic (exact) mass is 432 g/mol. The molecule has 168 valence electrons. The van der Waals surface area contributed by atoms with Gasteiger partial charge in [0.25, 0.3) is 0 Å². The standard InChI is InChI=1S/C28H32O4/c1-19-20(2)27(31-16-15-28(4,5)30)14-13-26(19)25-8-6-7-23(21(25)3)18-32-24-11-9-22(17-29)10-12-24/h6-14,17,30H,15-16,18H2,1-5H3. The fourth-order valence-corrected chi connectivity index (χ4v) is 3.59. The Morgan fingerprint density at radius 3 is 2.19 bits per heavy atom. The van der Waals surface area contributed by atoms with Crippen molar-refractivity contribution in [3.8, 4) is 22.6 Å². The summed E-state index contributed by atoms with van der Waals surface area (Å²) in [6, 6.07) is 17.5. The summed E-state index contributed by atoms with van der Waals surface area (Å²) in [6.45, 7) is 10.8. The van der Waals surface area contributed by atoms with Gasteiger partial charge in [-0.2, -0.15) is 0 Å². The molecule has 0 aliphatic carbocycles. The van der Waals surface area contributed by atoms with Crippen LogP contribution in [-0.4, -0.2) is 23.6 Å². The van der Waals surface area contributed by atoms with Crippen LogP contribution in [0.5, 0.6) is 11.5 Å². The van der Waals surface area contributed by atoms with E-state index in [1.165, 1.54) is 22.3 Å². The van der Waals surface area contributed by atoms with Crippen LogP contribution in [0.25, 0.3) is 11.1 Å². The van der Waals surface area contributed by atoms with Crippen molar-refractivity contribution in [1.29, 1.82) is 0 Å². The summed E-state index contributed by atoms with van der Waals surface area (Å²) in [5.74, 6) is 1.59. The van der Waals surface area contributed by atoms with Crippen LogP contribution in [0.2, 0.25) is 0 Å². The molecule has 0 unspecified atom stereocenters. The van der Waals surface area contributed by atoms with Gasteiger partial charge < -0.3 is 14.6 Å². The van der Waals surface area contributed by atoms with Gasteiger partial charge in [-0.1, -0.05) is 24.3 Å². The van der Waals surface area contributed by atoms with Crippen molar-refractivity contribution in [3.63, 3.8) is 0 Å². The number of hydrogen-bond donors (Lipinski definition) is 1. The van der Waals surface area contributed by atoms with E-state index in [0.717, 1.165) is 28.9 Å². The molecular formula is C28H32O4. The van der Waals surface area contributed by atoms with Gasteiger partial charge in [0.2, 0.25) is 0 Å². The first kappa shape index (κ1) is 23.6. The molecule has 4 nitrogen and oxygen atoms in total. The van der Waals surface area contributed by atoms with Crippen molar-refractivity contribution < 1.29 is 19.4 Å². The number of ether oxygens (including phenoxy) is 2. The number of rotatable bonds is 9. The Kier molecular flexibility index (Phi) is 7.37. The van der Waals surface area contributed by atoms with Gasteiger partial charge in [-0.3, -0.25) is 4.79 Å². The van der Waals surface area contributed by atoms with Gasteiger partial charge in [0, 0.05) is 12.0 Å². The van der Waals surface area contributed by atoms with Crippen LogP contribution >= 0.6 is 0 Å². The zero-order chi connectivity index (χ0) is 23.3. The lowest BCUT2D eigenvalue weighted by atomic mass is 9.91. The van der Waals surface area contributed by atoms with Gasteiger partial charge in [0.05, 0.1) is 12.2 Å². The molecule has 3 aromatic carbocycles. The summed E-state index contributed by atoms with van der Waals surface area (Å²) in [7, 11) is 0. The largest absolute Gasteiger partial charge is 0.493 e. The number of carbonyl (C=O) groups excluding carboxylic acids is 1. The Bertz CT molecular complexity index is 1080. The highest BCUT2D eigenvalue weighted by Gasteiger charge is 2.15. The molecule has 0 spiro atoms. The SMILES string of the molecule is Cc1c(COc2ccc(C=O)cc2)cccc1-c1ccc(OCCC(C)(C)O)c(C)c1C. The van der Waals surface area contributed by atoms with Crippen LogP contribution in [0.15, 0.2) is 54.6 Å². The minimum atomic E-state index is -0.737. The first-order valence-electron chi connectivity index (χ1n) is 10.9. The van der Waals surface area contributed by atoms with E-state index in [2.05, 4.69) is 45.0 Å². The topological polar surface area (TPSA) is 55.8 Å². The van der Waals surface area contributed by atoms with E-state index in [4.69, 9.17) is 9.47 Å².